The van der Waals surface area contributed by atoms with Crippen LogP contribution in [-0.4, -0.2) is 25.3 Å². The van der Waals surface area contributed by atoms with E-state index in [-0.39, 0.29) is 11.3 Å². The summed E-state index contributed by atoms with van der Waals surface area (Å²) in [6, 6.07) is 11.4. The first-order chi connectivity index (χ1) is 12.5. The molecule has 0 aliphatic rings. The van der Waals surface area contributed by atoms with E-state index in [1.54, 1.807) is 13.2 Å². The Bertz CT molecular complexity index is 829. The van der Waals surface area contributed by atoms with Crippen LogP contribution in [0.2, 0.25) is 0 Å². The Morgan fingerprint density at radius 3 is 2.23 bits per heavy atom. The van der Waals surface area contributed by atoms with Gasteiger partial charge in [-0.2, -0.15) is 0 Å². The van der Waals surface area contributed by atoms with Gasteiger partial charge in [0.2, 0.25) is 0 Å². The number of rotatable bonds is 7. The van der Waals surface area contributed by atoms with E-state index in [1.807, 2.05) is 56.3 Å². The van der Waals surface area contributed by atoms with Crippen LogP contribution in [0.3, 0.4) is 0 Å². The molecule has 0 atom stereocenters. The summed E-state index contributed by atoms with van der Waals surface area (Å²) in [5.41, 5.74) is 3.68. The zero-order valence-electron chi connectivity index (χ0n) is 15.6. The van der Waals surface area contributed by atoms with Crippen molar-refractivity contribution in [2.45, 2.75) is 20.3 Å². The summed E-state index contributed by atoms with van der Waals surface area (Å²) in [7, 11) is 3.04. The Labute approximate surface area is 154 Å². The zero-order valence-corrected chi connectivity index (χ0v) is 15.6. The van der Waals surface area contributed by atoms with Gasteiger partial charge < -0.3 is 14.6 Å². The molecular formula is C22H24O4. The Kier molecular flexibility index (Phi) is 6.61. The van der Waals surface area contributed by atoms with Crippen molar-refractivity contribution in [2.24, 2.45) is 0 Å². The van der Waals surface area contributed by atoms with E-state index in [0.717, 1.165) is 16.7 Å². The molecule has 0 bridgehead atoms. The molecule has 136 valence electrons. The van der Waals surface area contributed by atoms with Crippen molar-refractivity contribution in [3.63, 3.8) is 0 Å². The number of allylic oxidation sites excluding steroid dienone is 2. The highest BCUT2D eigenvalue weighted by atomic mass is 16.5. The summed E-state index contributed by atoms with van der Waals surface area (Å²) in [4.78, 5) is 11.9. The van der Waals surface area contributed by atoms with Crippen molar-refractivity contribution in [2.75, 3.05) is 14.2 Å². The summed E-state index contributed by atoms with van der Waals surface area (Å²) in [5, 5.41) is 9.77. The van der Waals surface area contributed by atoms with Crippen molar-refractivity contribution in [1.82, 2.24) is 0 Å². The van der Waals surface area contributed by atoms with Gasteiger partial charge in [0.15, 0.2) is 0 Å². The fourth-order valence-electron chi connectivity index (χ4n) is 2.70. The largest absolute Gasteiger partial charge is 0.496 e. The molecule has 1 N–H and O–H groups in total. The van der Waals surface area contributed by atoms with Gasteiger partial charge in [0.1, 0.15) is 17.1 Å². The molecule has 0 unspecified atom stereocenters. The third-order valence-corrected chi connectivity index (χ3v) is 4.01. The summed E-state index contributed by atoms with van der Waals surface area (Å²) < 4.78 is 10.8. The molecule has 0 amide bonds. The first kappa shape index (κ1) is 19.3. The van der Waals surface area contributed by atoms with E-state index in [9.17, 15) is 9.90 Å². The molecule has 4 heteroatoms. The van der Waals surface area contributed by atoms with Crippen LogP contribution in [0, 0.1) is 0 Å². The van der Waals surface area contributed by atoms with Crippen molar-refractivity contribution in [1.29, 1.82) is 0 Å². The fraction of sp³-hybridized carbons (Fsp3) is 0.227. The average molecular weight is 352 g/mol. The quantitative estimate of drug-likeness (QED) is 0.557. The number of benzene rings is 2. The summed E-state index contributed by atoms with van der Waals surface area (Å²) in [5.74, 6) is -0.143. The van der Waals surface area contributed by atoms with E-state index >= 15 is 0 Å². The predicted octanol–water partition coefficient (Wildman–Crippen LogP) is 5.08. The minimum Gasteiger partial charge on any atom is -0.496 e. The number of hydrogen-bond acceptors (Lipinski definition) is 3. The van der Waals surface area contributed by atoms with Crippen LogP contribution < -0.4 is 9.47 Å². The second-order valence-electron chi connectivity index (χ2n) is 6.08. The molecule has 0 saturated heterocycles. The van der Waals surface area contributed by atoms with Crippen LogP contribution in [-0.2, 0) is 6.42 Å². The standard InChI is InChI=1S/C22H24O4/c1-15(2)10-12-17-18(13-11-16-8-6-5-7-9-16)21(22(23)24)20(26-4)14-19(17)25-3/h5-11,13-14H,12H2,1-4H3,(H,23,24)/b13-11+. The topological polar surface area (TPSA) is 55.8 Å². The van der Waals surface area contributed by atoms with E-state index in [2.05, 4.69) is 6.08 Å². The average Bonchev–Trinajstić information content (AvgIpc) is 2.64. The molecule has 2 rings (SSSR count). The monoisotopic (exact) mass is 352 g/mol. The van der Waals surface area contributed by atoms with Gasteiger partial charge in [0, 0.05) is 11.6 Å². The van der Waals surface area contributed by atoms with Crippen LogP contribution in [0.4, 0.5) is 0 Å². The lowest BCUT2D eigenvalue weighted by Gasteiger charge is -2.17. The lowest BCUT2D eigenvalue weighted by atomic mass is 9.94. The highest BCUT2D eigenvalue weighted by Gasteiger charge is 2.22. The third kappa shape index (κ3) is 4.54. The minimum absolute atomic E-state index is 0.137. The Morgan fingerprint density at radius 1 is 1.04 bits per heavy atom. The summed E-state index contributed by atoms with van der Waals surface area (Å²) in [6.07, 6.45) is 6.34. The number of aromatic carboxylic acids is 1. The molecule has 0 aliphatic heterocycles. The Hall–Kier alpha value is -3.01. The van der Waals surface area contributed by atoms with Gasteiger partial charge in [-0.3, -0.25) is 0 Å². The van der Waals surface area contributed by atoms with Gasteiger partial charge in [-0.25, -0.2) is 4.79 Å². The van der Waals surface area contributed by atoms with Crippen molar-refractivity contribution >= 4 is 18.1 Å². The number of carbonyl (C=O) groups is 1. The van der Waals surface area contributed by atoms with Crippen LogP contribution in [0.1, 0.15) is 40.9 Å². The molecule has 2 aromatic rings. The van der Waals surface area contributed by atoms with Crippen LogP contribution in [0.5, 0.6) is 11.5 Å². The highest BCUT2D eigenvalue weighted by Crippen LogP contribution is 2.36. The zero-order chi connectivity index (χ0) is 19.1. The second kappa shape index (κ2) is 8.90. The van der Waals surface area contributed by atoms with Crippen LogP contribution in [0.25, 0.3) is 12.2 Å². The van der Waals surface area contributed by atoms with Gasteiger partial charge in [0.25, 0.3) is 0 Å². The number of carboxylic acids is 1. The van der Waals surface area contributed by atoms with E-state index in [0.29, 0.717) is 17.7 Å². The smallest absolute Gasteiger partial charge is 0.340 e. The maximum atomic E-state index is 11.9. The molecular weight excluding hydrogens is 328 g/mol. The number of ether oxygens (including phenoxy) is 2. The molecule has 2 aromatic carbocycles. The maximum absolute atomic E-state index is 11.9. The Morgan fingerprint density at radius 2 is 1.69 bits per heavy atom. The minimum atomic E-state index is -1.03. The molecule has 0 heterocycles. The molecule has 26 heavy (non-hydrogen) atoms. The third-order valence-electron chi connectivity index (χ3n) is 4.01. The van der Waals surface area contributed by atoms with E-state index < -0.39 is 5.97 Å². The lowest BCUT2D eigenvalue weighted by Crippen LogP contribution is -2.08. The van der Waals surface area contributed by atoms with Gasteiger partial charge >= 0.3 is 5.97 Å². The van der Waals surface area contributed by atoms with Crippen LogP contribution in [0.15, 0.2) is 48.0 Å². The lowest BCUT2D eigenvalue weighted by molar-refractivity contribution is 0.0693. The predicted molar refractivity (Wildman–Crippen MR) is 105 cm³/mol. The van der Waals surface area contributed by atoms with Crippen LogP contribution >= 0.6 is 0 Å². The number of methoxy groups -OCH3 is 2. The molecule has 0 aromatic heterocycles. The van der Waals surface area contributed by atoms with Gasteiger partial charge in [-0.15, -0.1) is 0 Å². The Balaban J connectivity index is 2.71. The molecule has 0 radical (unpaired) electrons. The normalized spacial score (nSPS) is 10.6. The SMILES string of the molecule is COc1cc(OC)c(C(=O)O)c(/C=C/c2ccccc2)c1CC=C(C)C. The first-order valence-electron chi connectivity index (χ1n) is 8.35. The first-order valence-corrected chi connectivity index (χ1v) is 8.35. The van der Waals surface area contributed by atoms with Crippen molar-refractivity contribution in [3.05, 3.63) is 70.3 Å². The molecule has 0 saturated carbocycles. The van der Waals surface area contributed by atoms with Gasteiger partial charge in [-0.05, 0) is 31.4 Å². The van der Waals surface area contributed by atoms with Crippen molar-refractivity contribution < 1.29 is 19.4 Å². The number of carboxylic acid groups (broad SMARTS) is 1. The van der Waals surface area contributed by atoms with Crippen molar-refractivity contribution in [3.8, 4) is 11.5 Å². The molecule has 4 nitrogen and oxygen atoms in total. The molecule has 0 spiro atoms. The summed E-state index contributed by atoms with van der Waals surface area (Å²) in [6.45, 7) is 4.02. The van der Waals surface area contributed by atoms with E-state index in [4.69, 9.17) is 9.47 Å². The van der Waals surface area contributed by atoms with Gasteiger partial charge in [0.05, 0.1) is 14.2 Å². The molecule has 0 aliphatic carbocycles. The fourth-order valence-corrected chi connectivity index (χ4v) is 2.70. The molecule has 0 fully saturated rings. The second-order valence-corrected chi connectivity index (χ2v) is 6.08. The maximum Gasteiger partial charge on any atom is 0.340 e. The highest BCUT2D eigenvalue weighted by molar-refractivity contribution is 5.98. The van der Waals surface area contributed by atoms with E-state index in [1.165, 1.54) is 7.11 Å². The number of hydrogen-bond donors (Lipinski definition) is 1. The summed E-state index contributed by atoms with van der Waals surface area (Å²) >= 11 is 0. The van der Waals surface area contributed by atoms with Gasteiger partial charge in [-0.1, -0.05) is 54.1 Å².